The van der Waals surface area contributed by atoms with Crippen LogP contribution in [0.5, 0.6) is 0 Å². The Morgan fingerprint density at radius 1 is 1.07 bits per heavy atom. The van der Waals surface area contributed by atoms with Crippen LogP contribution in [0, 0.1) is 0 Å². The van der Waals surface area contributed by atoms with Gasteiger partial charge in [-0.1, -0.05) is 36.4 Å². The minimum absolute atomic E-state index is 0.0837. The molecule has 2 unspecified atom stereocenters. The van der Waals surface area contributed by atoms with Gasteiger partial charge < -0.3 is 0 Å². The Morgan fingerprint density at radius 2 is 1.96 bits per heavy atom. The Hall–Kier alpha value is -3.09. The van der Waals surface area contributed by atoms with Crippen molar-refractivity contribution >= 4 is 22.9 Å². The lowest BCUT2D eigenvalue weighted by Crippen LogP contribution is -2.41. The predicted octanol–water partition coefficient (Wildman–Crippen LogP) is 2.39. The van der Waals surface area contributed by atoms with Crippen LogP contribution in [0.1, 0.15) is 34.8 Å². The highest BCUT2D eigenvalue weighted by molar-refractivity contribution is 5.93. The number of amides is 1. The molecule has 0 bridgehead atoms. The van der Waals surface area contributed by atoms with Gasteiger partial charge in [-0.05, 0) is 58.9 Å². The molecule has 5 rings (SSSR count). The van der Waals surface area contributed by atoms with Crippen LogP contribution in [0.4, 0.5) is 0 Å². The molecular weight excluding hydrogens is 350 g/mol. The van der Waals surface area contributed by atoms with E-state index in [9.17, 15) is 4.79 Å². The third-order valence-electron chi connectivity index (χ3n) is 5.57. The van der Waals surface area contributed by atoms with Crippen LogP contribution in [0.25, 0.3) is 10.8 Å². The summed E-state index contributed by atoms with van der Waals surface area (Å²) >= 11 is 0. The maximum Gasteiger partial charge on any atom is 0.258 e. The van der Waals surface area contributed by atoms with E-state index in [4.69, 9.17) is 0 Å². The quantitative estimate of drug-likeness (QED) is 0.486. The standard InChI is InChI=1S/C22H21N5O/c28-22(27-24-13-16-5-1-2-11-23-16)20-12-19(25-26-20)17-10-9-15-8-7-14-4-3-6-18(17)21(14)15/h1-6,9-11,13,19-20,25-26H,7-8,12H2,(H,27,28)/b24-13+. The van der Waals surface area contributed by atoms with E-state index in [0.717, 1.165) is 12.8 Å². The third kappa shape index (κ3) is 3.06. The minimum atomic E-state index is -0.339. The lowest BCUT2D eigenvalue weighted by atomic mass is 9.93. The maximum atomic E-state index is 12.4. The lowest BCUT2D eigenvalue weighted by molar-refractivity contribution is -0.122. The molecule has 28 heavy (non-hydrogen) atoms. The molecule has 1 aliphatic carbocycles. The van der Waals surface area contributed by atoms with Gasteiger partial charge in [-0.3, -0.25) is 9.78 Å². The topological polar surface area (TPSA) is 78.4 Å². The third-order valence-corrected chi connectivity index (χ3v) is 5.57. The fourth-order valence-corrected chi connectivity index (χ4v) is 4.20. The molecule has 3 N–H and O–H groups in total. The summed E-state index contributed by atoms with van der Waals surface area (Å²) in [7, 11) is 0. The van der Waals surface area contributed by atoms with Gasteiger partial charge in [0, 0.05) is 12.2 Å². The zero-order chi connectivity index (χ0) is 18.9. The fraction of sp³-hybridized carbons (Fsp3) is 0.227. The zero-order valence-corrected chi connectivity index (χ0v) is 15.4. The molecule has 2 aromatic carbocycles. The van der Waals surface area contributed by atoms with Gasteiger partial charge in [0.2, 0.25) is 0 Å². The highest BCUT2D eigenvalue weighted by atomic mass is 16.2. The first-order valence-corrected chi connectivity index (χ1v) is 9.58. The molecule has 0 spiro atoms. The Morgan fingerprint density at radius 3 is 2.82 bits per heavy atom. The summed E-state index contributed by atoms with van der Waals surface area (Å²) in [5.74, 6) is -0.159. The Labute approximate surface area is 163 Å². The molecule has 6 heteroatoms. The van der Waals surface area contributed by atoms with E-state index in [1.807, 2.05) is 18.2 Å². The molecule has 2 heterocycles. The highest BCUT2D eigenvalue weighted by Crippen LogP contribution is 2.36. The predicted molar refractivity (Wildman–Crippen MR) is 109 cm³/mol. The number of nitrogens with zero attached hydrogens (tertiary/aromatic N) is 2. The molecule has 1 amide bonds. The van der Waals surface area contributed by atoms with Crippen molar-refractivity contribution in [1.82, 2.24) is 21.3 Å². The summed E-state index contributed by atoms with van der Waals surface area (Å²) < 4.78 is 0. The molecule has 1 saturated heterocycles. The summed E-state index contributed by atoms with van der Waals surface area (Å²) in [6.07, 6.45) is 6.14. The van der Waals surface area contributed by atoms with Crippen molar-refractivity contribution in [3.8, 4) is 0 Å². The molecular formula is C22H21N5O. The monoisotopic (exact) mass is 371 g/mol. The molecule has 1 aromatic heterocycles. The molecule has 0 radical (unpaired) electrons. The fourth-order valence-electron chi connectivity index (χ4n) is 4.20. The summed E-state index contributed by atoms with van der Waals surface area (Å²) in [6.45, 7) is 0. The van der Waals surface area contributed by atoms with Crippen LogP contribution < -0.4 is 16.3 Å². The number of benzene rings is 2. The number of hydrogen-bond acceptors (Lipinski definition) is 5. The van der Waals surface area contributed by atoms with E-state index < -0.39 is 0 Å². The number of hydrazine groups is 1. The van der Waals surface area contributed by atoms with Crippen molar-refractivity contribution < 1.29 is 4.79 Å². The molecule has 2 atom stereocenters. The lowest BCUT2D eigenvalue weighted by Gasteiger charge is -2.14. The summed E-state index contributed by atoms with van der Waals surface area (Å²) in [5.41, 5.74) is 13.8. The van der Waals surface area contributed by atoms with Gasteiger partial charge >= 0.3 is 0 Å². The Bertz CT molecular complexity index is 1050. The van der Waals surface area contributed by atoms with Crippen molar-refractivity contribution in [1.29, 1.82) is 0 Å². The zero-order valence-electron chi connectivity index (χ0n) is 15.4. The first kappa shape index (κ1) is 17.0. The molecule has 2 aliphatic rings. The van der Waals surface area contributed by atoms with Crippen molar-refractivity contribution in [2.75, 3.05) is 0 Å². The molecule has 6 nitrogen and oxygen atoms in total. The molecule has 1 aliphatic heterocycles. The summed E-state index contributed by atoms with van der Waals surface area (Å²) in [4.78, 5) is 16.6. The number of rotatable bonds is 4. The minimum Gasteiger partial charge on any atom is -0.271 e. The number of carbonyl (C=O) groups is 1. The maximum absolute atomic E-state index is 12.4. The SMILES string of the molecule is O=C(N/N=C/c1ccccn1)C1CC(c2ccc3c4c(cccc24)CC3)NN1. The van der Waals surface area contributed by atoms with Crippen LogP contribution in [-0.2, 0) is 17.6 Å². The largest absolute Gasteiger partial charge is 0.271 e. The number of hydrogen-bond donors (Lipinski definition) is 3. The molecule has 0 saturated carbocycles. The summed E-state index contributed by atoms with van der Waals surface area (Å²) in [6, 6.07) is 16.3. The van der Waals surface area contributed by atoms with Crippen molar-refractivity contribution in [3.63, 3.8) is 0 Å². The average Bonchev–Trinajstić information content (AvgIpc) is 3.38. The Kier molecular flexibility index (Phi) is 4.35. The Balaban J connectivity index is 1.30. The van der Waals surface area contributed by atoms with Crippen LogP contribution in [0.15, 0.2) is 59.8 Å². The van der Waals surface area contributed by atoms with Gasteiger partial charge in [-0.25, -0.2) is 16.3 Å². The van der Waals surface area contributed by atoms with E-state index >= 15 is 0 Å². The van der Waals surface area contributed by atoms with Gasteiger partial charge in [0.25, 0.3) is 5.91 Å². The van der Waals surface area contributed by atoms with E-state index in [0.29, 0.717) is 12.1 Å². The number of nitrogens with one attached hydrogen (secondary N) is 3. The second-order valence-electron chi connectivity index (χ2n) is 7.27. The van der Waals surface area contributed by atoms with Crippen LogP contribution in [0.2, 0.25) is 0 Å². The van der Waals surface area contributed by atoms with Crippen molar-refractivity contribution in [2.45, 2.75) is 31.3 Å². The number of carbonyl (C=O) groups excluding carboxylic acids is 1. The van der Waals surface area contributed by atoms with E-state index in [1.54, 1.807) is 12.4 Å². The second-order valence-corrected chi connectivity index (χ2v) is 7.27. The van der Waals surface area contributed by atoms with Crippen molar-refractivity contribution in [3.05, 3.63) is 77.1 Å². The van der Waals surface area contributed by atoms with Gasteiger partial charge in [0.05, 0.1) is 11.9 Å². The van der Waals surface area contributed by atoms with Crippen LogP contribution in [0.3, 0.4) is 0 Å². The first-order chi connectivity index (χ1) is 13.8. The second kappa shape index (κ2) is 7.14. The van der Waals surface area contributed by atoms with Gasteiger partial charge in [-0.15, -0.1) is 0 Å². The van der Waals surface area contributed by atoms with E-state index in [1.165, 1.54) is 27.5 Å². The van der Waals surface area contributed by atoms with Crippen LogP contribution in [-0.4, -0.2) is 23.1 Å². The van der Waals surface area contributed by atoms with Gasteiger partial charge in [0.1, 0.15) is 6.04 Å². The normalized spacial score (nSPS) is 20.9. The highest BCUT2D eigenvalue weighted by Gasteiger charge is 2.31. The van der Waals surface area contributed by atoms with Gasteiger partial charge in [0.15, 0.2) is 0 Å². The van der Waals surface area contributed by atoms with Crippen molar-refractivity contribution in [2.24, 2.45) is 5.10 Å². The summed E-state index contributed by atoms with van der Waals surface area (Å²) in [5, 5.41) is 6.70. The van der Waals surface area contributed by atoms with Gasteiger partial charge in [-0.2, -0.15) is 5.10 Å². The van der Waals surface area contributed by atoms with Crippen LogP contribution >= 0.6 is 0 Å². The number of pyridine rings is 1. The molecule has 1 fully saturated rings. The van der Waals surface area contributed by atoms with E-state index in [2.05, 4.69) is 56.7 Å². The van der Waals surface area contributed by atoms with E-state index in [-0.39, 0.29) is 18.0 Å². The number of hydrazone groups is 1. The number of aryl methyl sites for hydroxylation is 2. The average molecular weight is 371 g/mol. The molecule has 140 valence electrons. The molecule has 3 aromatic rings. The first-order valence-electron chi connectivity index (χ1n) is 9.58. The smallest absolute Gasteiger partial charge is 0.258 e. The number of aromatic nitrogens is 1.